The lowest BCUT2D eigenvalue weighted by Gasteiger charge is -2.30. The van der Waals surface area contributed by atoms with E-state index in [9.17, 15) is 9.59 Å². The van der Waals surface area contributed by atoms with Crippen LogP contribution >= 0.6 is 0 Å². The summed E-state index contributed by atoms with van der Waals surface area (Å²) in [6.45, 7) is 4.50. The molecular weight excluding hydrogens is 356 g/mol. The molecular formula is C22H26N2O4. The topological polar surface area (TPSA) is 76.7 Å². The third kappa shape index (κ3) is 5.10. The molecule has 2 aromatic rings. The highest BCUT2D eigenvalue weighted by molar-refractivity contribution is 6.06. The van der Waals surface area contributed by atoms with Crippen molar-refractivity contribution < 1.29 is 19.1 Å². The Morgan fingerprint density at radius 3 is 2.79 bits per heavy atom. The zero-order valence-electron chi connectivity index (χ0n) is 16.2. The first-order valence-electron chi connectivity index (χ1n) is 9.58. The van der Waals surface area contributed by atoms with E-state index >= 15 is 0 Å². The van der Waals surface area contributed by atoms with Crippen molar-refractivity contribution >= 4 is 17.5 Å². The van der Waals surface area contributed by atoms with Crippen LogP contribution in [0.2, 0.25) is 0 Å². The SMILES string of the molecule is CCOc1ccccc1C(=O)Nc1cccc([C@H]2C[C@@H](NC(C)=O)CCO2)c1. The Hall–Kier alpha value is -2.86. The van der Waals surface area contributed by atoms with Crippen LogP contribution < -0.4 is 15.4 Å². The molecule has 2 atom stereocenters. The number of ether oxygens (including phenoxy) is 2. The summed E-state index contributed by atoms with van der Waals surface area (Å²) in [4.78, 5) is 24.0. The molecule has 0 spiro atoms. The second-order valence-electron chi connectivity index (χ2n) is 6.79. The van der Waals surface area contributed by atoms with Crippen LogP contribution in [0.3, 0.4) is 0 Å². The van der Waals surface area contributed by atoms with E-state index in [4.69, 9.17) is 9.47 Å². The van der Waals surface area contributed by atoms with Gasteiger partial charge in [-0.25, -0.2) is 0 Å². The summed E-state index contributed by atoms with van der Waals surface area (Å²) in [5.41, 5.74) is 2.17. The van der Waals surface area contributed by atoms with Gasteiger partial charge in [-0.1, -0.05) is 24.3 Å². The number of amides is 2. The highest BCUT2D eigenvalue weighted by Crippen LogP contribution is 2.30. The van der Waals surface area contributed by atoms with Gasteiger partial charge in [-0.3, -0.25) is 9.59 Å². The maximum Gasteiger partial charge on any atom is 0.259 e. The summed E-state index contributed by atoms with van der Waals surface area (Å²) >= 11 is 0. The summed E-state index contributed by atoms with van der Waals surface area (Å²) in [5.74, 6) is 0.314. The Balaban J connectivity index is 1.71. The Labute approximate surface area is 165 Å². The van der Waals surface area contributed by atoms with Crippen molar-refractivity contribution in [3.63, 3.8) is 0 Å². The monoisotopic (exact) mass is 382 g/mol. The average molecular weight is 382 g/mol. The molecule has 0 radical (unpaired) electrons. The molecule has 0 aliphatic carbocycles. The first-order chi connectivity index (χ1) is 13.6. The molecule has 0 bridgehead atoms. The van der Waals surface area contributed by atoms with Crippen LogP contribution in [0.15, 0.2) is 48.5 Å². The fraction of sp³-hybridized carbons (Fsp3) is 0.364. The van der Waals surface area contributed by atoms with Gasteiger partial charge in [0.25, 0.3) is 5.91 Å². The molecule has 2 N–H and O–H groups in total. The van der Waals surface area contributed by atoms with Crippen LogP contribution in [-0.4, -0.2) is 31.1 Å². The van der Waals surface area contributed by atoms with Gasteiger partial charge in [0.2, 0.25) is 5.91 Å². The van der Waals surface area contributed by atoms with Gasteiger partial charge in [-0.05, 0) is 49.6 Å². The molecule has 1 heterocycles. The zero-order valence-corrected chi connectivity index (χ0v) is 16.2. The number of anilines is 1. The lowest BCUT2D eigenvalue weighted by Crippen LogP contribution is -2.38. The van der Waals surface area contributed by atoms with Crippen molar-refractivity contribution in [1.29, 1.82) is 0 Å². The summed E-state index contributed by atoms with van der Waals surface area (Å²) in [6.07, 6.45) is 1.41. The minimum atomic E-state index is -0.220. The van der Waals surface area contributed by atoms with Gasteiger partial charge in [-0.2, -0.15) is 0 Å². The first-order valence-corrected chi connectivity index (χ1v) is 9.58. The minimum absolute atomic E-state index is 0.0281. The second kappa shape index (κ2) is 9.37. The van der Waals surface area contributed by atoms with Gasteiger partial charge in [-0.15, -0.1) is 0 Å². The van der Waals surface area contributed by atoms with E-state index < -0.39 is 0 Å². The predicted octanol–water partition coefficient (Wildman–Crippen LogP) is 3.69. The number of nitrogens with one attached hydrogen (secondary N) is 2. The maximum absolute atomic E-state index is 12.7. The molecule has 2 amide bonds. The highest BCUT2D eigenvalue weighted by atomic mass is 16.5. The summed E-state index contributed by atoms with van der Waals surface area (Å²) in [6, 6.07) is 14.9. The quantitative estimate of drug-likeness (QED) is 0.799. The molecule has 0 unspecified atom stereocenters. The molecule has 148 valence electrons. The van der Waals surface area contributed by atoms with Crippen molar-refractivity contribution in [2.75, 3.05) is 18.5 Å². The second-order valence-corrected chi connectivity index (χ2v) is 6.79. The lowest BCUT2D eigenvalue weighted by atomic mass is 9.97. The highest BCUT2D eigenvalue weighted by Gasteiger charge is 2.24. The number of para-hydroxylation sites is 1. The van der Waals surface area contributed by atoms with Crippen LogP contribution in [0, 0.1) is 0 Å². The number of carbonyl (C=O) groups excluding carboxylic acids is 2. The maximum atomic E-state index is 12.7. The minimum Gasteiger partial charge on any atom is -0.493 e. The number of carbonyl (C=O) groups is 2. The van der Waals surface area contributed by atoms with Crippen LogP contribution in [0.1, 0.15) is 48.7 Å². The number of rotatable bonds is 6. The van der Waals surface area contributed by atoms with Crippen molar-refractivity contribution in [2.45, 2.75) is 38.8 Å². The molecule has 6 heteroatoms. The van der Waals surface area contributed by atoms with E-state index in [1.807, 2.05) is 43.3 Å². The Bertz CT molecular complexity index is 837. The standard InChI is InChI=1S/C22H26N2O4/c1-3-27-20-10-5-4-9-19(20)22(26)24-17-8-6-7-16(13-17)21-14-18(11-12-28-21)23-15(2)25/h4-10,13,18,21H,3,11-12,14H2,1-2H3,(H,23,25)(H,24,26)/t18-,21+/m0/s1. The Morgan fingerprint density at radius 2 is 2.00 bits per heavy atom. The van der Waals surface area contributed by atoms with Crippen LogP contribution in [-0.2, 0) is 9.53 Å². The van der Waals surface area contributed by atoms with E-state index in [1.54, 1.807) is 12.1 Å². The fourth-order valence-corrected chi connectivity index (χ4v) is 3.40. The van der Waals surface area contributed by atoms with Crippen molar-refractivity contribution in [2.24, 2.45) is 0 Å². The summed E-state index contributed by atoms with van der Waals surface area (Å²) in [5, 5.41) is 5.90. The molecule has 6 nitrogen and oxygen atoms in total. The third-order valence-corrected chi connectivity index (χ3v) is 4.64. The molecule has 1 saturated heterocycles. The fourth-order valence-electron chi connectivity index (χ4n) is 3.40. The van der Waals surface area contributed by atoms with E-state index in [0.717, 1.165) is 12.0 Å². The van der Waals surface area contributed by atoms with Crippen molar-refractivity contribution in [1.82, 2.24) is 5.32 Å². The van der Waals surface area contributed by atoms with E-state index in [2.05, 4.69) is 10.6 Å². The molecule has 0 aromatic heterocycles. The van der Waals surface area contributed by atoms with E-state index in [-0.39, 0.29) is 24.0 Å². The van der Waals surface area contributed by atoms with Crippen molar-refractivity contribution in [3.05, 3.63) is 59.7 Å². The molecule has 3 rings (SSSR count). The van der Waals surface area contributed by atoms with Gasteiger partial charge < -0.3 is 20.1 Å². The largest absolute Gasteiger partial charge is 0.493 e. The van der Waals surface area contributed by atoms with Gasteiger partial charge in [0.15, 0.2) is 0 Å². The van der Waals surface area contributed by atoms with Gasteiger partial charge in [0.1, 0.15) is 5.75 Å². The summed E-state index contributed by atoms with van der Waals surface area (Å²) in [7, 11) is 0. The Kier molecular flexibility index (Phi) is 6.66. The molecule has 1 aliphatic rings. The predicted molar refractivity (Wildman–Crippen MR) is 108 cm³/mol. The molecule has 1 fully saturated rings. The number of benzene rings is 2. The lowest BCUT2D eigenvalue weighted by molar-refractivity contribution is -0.120. The van der Waals surface area contributed by atoms with Crippen LogP contribution in [0.25, 0.3) is 0 Å². The third-order valence-electron chi connectivity index (χ3n) is 4.64. The molecule has 28 heavy (non-hydrogen) atoms. The number of hydrogen-bond donors (Lipinski definition) is 2. The van der Waals surface area contributed by atoms with Crippen molar-refractivity contribution in [3.8, 4) is 5.75 Å². The van der Waals surface area contributed by atoms with Crippen LogP contribution in [0.5, 0.6) is 5.75 Å². The van der Waals surface area contributed by atoms with Gasteiger partial charge in [0.05, 0.1) is 18.3 Å². The number of hydrogen-bond acceptors (Lipinski definition) is 4. The van der Waals surface area contributed by atoms with E-state index in [1.165, 1.54) is 6.92 Å². The first kappa shape index (κ1) is 19.9. The molecule has 0 saturated carbocycles. The Morgan fingerprint density at radius 1 is 1.18 bits per heavy atom. The normalized spacial score (nSPS) is 18.9. The molecule has 1 aliphatic heterocycles. The summed E-state index contributed by atoms with van der Waals surface area (Å²) < 4.78 is 11.4. The smallest absolute Gasteiger partial charge is 0.259 e. The zero-order chi connectivity index (χ0) is 19.9. The van der Waals surface area contributed by atoms with Gasteiger partial charge in [0, 0.05) is 25.3 Å². The van der Waals surface area contributed by atoms with E-state index in [0.29, 0.717) is 36.6 Å². The van der Waals surface area contributed by atoms with Gasteiger partial charge >= 0.3 is 0 Å². The molecule has 2 aromatic carbocycles. The average Bonchev–Trinajstić information content (AvgIpc) is 2.68. The van der Waals surface area contributed by atoms with Crippen LogP contribution in [0.4, 0.5) is 5.69 Å².